The van der Waals surface area contributed by atoms with Crippen molar-refractivity contribution in [2.24, 2.45) is 56.2 Å². The number of fused-ring (bicyclic) bond motifs is 2. The summed E-state index contributed by atoms with van der Waals surface area (Å²) in [6.45, 7) is 42.1. The molecule has 28 heteroatoms. The van der Waals surface area contributed by atoms with Crippen molar-refractivity contribution in [3.05, 3.63) is 25.3 Å². The maximum Gasteiger partial charge on any atom is 0.315 e. The van der Waals surface area contributed by atoms with Crippen molar-refractivity contribution in [2.75, 3.05) is 39.3 Å². The van der Waals surface area contributed by atoms with Gasteiger partial charge in [0.1, 0.15) is 24.2 Å². The van der Waals surface area contributed by atoms with Gasteiger partial charge in [0.2, 0.25) is 53.0 Å². The summed E-state index contributed by atoms with van der Waals surface area (Å²) in [6.07, 6.45) is 11.0. The summed E-state index contributed by atoms with van der Waals surface area (Å²) in [4.78, 5) is 180. The van der Waals surface area contributed by atoms with Crippen LogP contribution in [0.15, 0.2) is 25.3 Å². The molecule has 3 unspecified atom stereocenters. The Balaban J connectivity index is 0.000000530. The van der Waals surface area contributed by atoms with Crippen molar-refractivity contribution in [2.45, 2.75) is 282 Å². The second-order valence-corrected chi connectivity index (χ2v) is 35.4. The lowest BCUT2D eigenvalue weighted by Crippen LogP contribution is -2.63. The summed E-state index contributed by atoms with van der Waals surface area (Å²) in [5.74, 6) is -4.97. The average Bonchev–Trinajstić information content (AvgIpc) is 1.52. The number of carbonyl (C=O) groups is 13. The van der Waals surface area contributed by atoms with Crippen molar-refractivity contribution in [3.63, 3.8) is 0 Å². The molecule has 4 aliphatic heterocycles. The Hall–Kier alpha value is -5.79. The first-order valence-electron chi connectivity index (χ1n) is 37.2. The van der Waals surface area contributed by atoms with Gasteiger partial charge in [0, 0.05) is 65.0 Å². The molecule has 590 valence electrons. The lowest BCUT2D eigenvalue weighted by atomic mass is 9.80. The summed E-state index contributed by atoms with van der Waals surface area (Å²) in [5, 5.41) is 33.4. The first-order chi connectivity index (χ1) is 47.2. The number of hydrogen-bond donors (Lipinski definition) is 9. The maximum atomic E-state index is 14.5. The minimum absolute atomic E-state index is 0. The predicted molar refractivity (Wildman–Crippen MR) is 420 cm³/mol. The number of nitrogens with zero attached hydrogens (tertiary/aromatic N) is 4. The van der Waals surface area contributed by atoms with Crippen LogP contribution in [-0.2, 0) is 52.7 Å². The number of rotatable bonds is 28. The number of aliphatic hydroxyl groups is 1. The summed E-state index contributed by atoms with van der Waals surface area (Å²) >= 11 is 0. The van der Waals surface area contributed by atoms with Gasteiger partial charge in [0.05, 0.1) is 24.2 Å². The number of halogens is 2. The second-order valence-electron chi connectivity index (χ2n) is 35.4. The van der Waals surface area contributed by atoms with Gasteiger partial charge in [-0.25, -0.2) is 9.59 Å². The Labute approximate surface area is 652 Å². The lowest BCUT2D eigenvalue weighted by Gasteiger charge is -2.40. The van der Waals surface area contributed by atoms with E-state index in [-0.39, 0.29) is 154 Å². The largest absolute Gasteiger partial charge is 0.381 e. The van der Waals surface area contributed by atoms with Crippen LogP contribution in [0.3, 0.4) is 0 Å². The van der Waals surface area contributed by atoms with Gasteiger partial charge < -0.3 is 57.4 Å². The molecule has 0 spiro atoms. The third-order valence-electron chi connectivity index (χ3n) is 21.2. The van der Waals surface area contributed by atoms with Crippen LogP contribution in [0.4, 0.5) is 9.59 Å². The minimum Gasteiger partial charge on any atom is -0.381 e. The van der Waals surface area contributed by atoms with Crippen LogP contribution in [0.25, 0.3) is 0 Å². The smallest absolute Gasteiger partial charge is 0.315 e. The van der Waals surface area contributed by atoms with E-state index in [2.05, 4.69) is 55.7 Å². The van der Waals surface area contributed by atoms with E-state index in [0.29, 0.717) is 32.4 Å². The molecule has 26 nitrogen and oxygen atoms in total. The van der Waals surface area contributed by atoms with Gasteiger partial charge >= 0.3 is 12.1 Å². The van der Waals surface area contributed by atoms with Crippen molar-refractivity contribution >= 4 is 125 Å². The van der Waals surface area contributed by atoms with Gasteiger partial charge in [-0.1, -0.05) is 175 Å². The Morgan fingerprint density at radius 3 is 1.24 bits per heavy atom. The molecule has 9 N–H and O–H groups in total. The lowest BCUT2D eigenvalue weighted by molar-refractivity contribution is -0.155. The molecule has 4 heterocycles. The highest BCUT2D eigenvalue weighted by Crippen LogP contribution is 2.45. The molecular weight excluding hydrogens is 1560 g/mol. The molecule has 13 atom stereocenters. The highest BCUT2D eigenvalue weighted by molar-refractivity contribution is 14.0. The zero-order valence-electron chi connectivity index (χ0n) is 65.5. The Morgan fingerprint density at radius 1 is 0.519 bits per heavy atom. The van der Waals surface area contributed by atoms with E-state index >= 15 is 0 Å². The normalized spacial score (nSPS) is 23.4. The fourth-order valence-electron chi connectivity index (χ4n) is 15.1. The number of amides is 14. The zero-order chi connectivity index (χ0) is 76.9. The highest BCUT2D eigenvalue weighted by Gasteiger charge is 2.55. The van der Waals surface area contributed by atoms with Gasteiger partial charge in [-0.2, -0.15) is 0 Å². The van der Waals surface area contributed by atoms with Crippen LogP contribution in [0.2, 0.25) is 0 Å². The molecule has 6 aliphatic rings. The predicted octanol–water partition coefficient (Wildman–Crippen LogP) is 7.96. The van der Waals surface area contributed by atoms with E-state index in [1.165, 1.54) is 22.0 Å². The van der Waals surface area contributed by atoms with E-state index in [4.69, 9.17) is 0 Å². The zero-order valence-corrected chi connectivity index (χ0v) is 70.2. The molecular formula is C76H128I2N12O14. The van der Waals surface area contributed by atoms with Gasteiger partial charge in [-0.3, -0.25) is 62.5 Å². The number of carbonyl (C=O) groups excluding carboxylic acids is 13. The summed E-state index contributed by atoms with van der Waals surface area (Å²) in [5.41, 5.74) is -3.46. The molecule has 0 aromatic rings. The van der Waals surface area contributed by atoms with Crippen LogP contribution in [-0.4, -0.2) is 195 Å². The fraction of sp³-hybridized carbons (Fsp3) is 0.776. The highest BCUT2D eigenvalue weighted by atomic mass is 127. The summed E-state index contributed by atoms with van der Waals surface area (Å²) in [7, 11) is 0. The van der Waals surface area contributed by atoms with E-state index in [9.17, 15) is 67.4 Å². The quantitative estimate of drug-likeness (QED) is 0.0155. The number of unbranched alkanes of at least 4 members (excludes halogenated alkanes) is 2. The molecule has 104 heavy (non-hydrogen) atoms. The van der Waals surface area contributed by atoms with E-state index in [0.717, 1.165) is 51.4 Å². The Bertz CT molecular complexity index is 3060. The van der Waals surface area contributed by atoms with Crippen molar-refractivity contribution in [3.8, 4) is 0 Å². The number of piperidine rings is 2. The molecule has 6 fully saturated rings. The van der Waals surface area contributed by atoms with Gasteiger partial charge in [0.25, 0.3) is 11.8 Å². The van der Waals surface area contributed by atoms with Crippen LogP contribution >= 0.6 is 48.0 Å². The first kappa shape index (κ1) is 92.4. The van der Waals surface area contributed by atoms with Crippen LogP contribution in [0.1, 0.15) is 227 Å². The standard InChI is InChI=1S/C38H64N6O7.C38H62N6O7.2HI/c2*1-11-13-17-25(30(47)33(49)39-18-12-2)40-32(48)29-24-16-14-15-23(24)21-44(29)34(50)31(37(6,7)8)42-35(51)41-26(36(3,4)5)22-43-27(45)19-38(9,10)20-28(43)46;;/h12,23-26,29-31,47H,2,11,13-22H2,1,3-10H3,(H,39,49)(H,40,48)(H2,41,42,51);12,23-26,29,31H,2,11,13-22H2,1,3-10H3,(H,39,49)(H,40,48)(H2,41,42,51);2*1H/t23-,24-,25?,26+,29-,30?,31+;23-,24-,25?,26+,29-,31+;;/m00../s1. The number of Topliss-reactive ketones (excluding diaryl/α,β-unsaturated/α-hetero) is 1. The number of imide groups is 2. The average molecular weight is 1690 g/mol. The fourth-order valence-corrected chi connectivity index (χ4v) is 15.1. The van der Waals surface area contributed by atoms with E-state index < -0.39 is 140 Å². The van der Waals surface area contributed by atoms with E-state index in [1.54, 1.807) is 9.80 Å². The maximum absolute atomic E-state index is 14.5. The molecule has 0 radical (unpaired) electrons. The number of urea groups is 2. The molecule has 0 bridgehead atoms. The molecule has 0 aromatic heterocycles. The SMILES string of the molecule is C=CCNC(=O)C(=O)C(CCCC)NC(=O)[C@@H]1[C@H]2CCC[C@H]2CN1C(=O)[C@@H](NC(=O)N[C@H](CN1C(=O)CC(C)(C)CC1=O)C(C)(C)C)C(C)(C)C.C=CCNC(=O)C(O)C(CCCC)NC(=O)[C@@H]1[C@H]2CCC[C@H]2CN1C(=O)[C@@H](NC(=O)N[C@H](CN1C(=O)CC(C)(C)CC1=O)C(C)(C)C)C(C)(C)C.I.I. The number of nitrogens with one attached hydrogen (secondary N) is 8. The first-order valence-corrected chi connectivity index (χ1v) is 37.2. The number of ketones is 1. The minimum atomic E-state index is -1.48. The Kier molecular flexibility index (Phi) is 34.5. The molecule has 2 aliphatic carbocycles. The van der Waals surface area contributed by atoms with Crippen LogP contribution in [0.5, 0.6) is 0 Å². The van der Waals surface area contributed by atoms with E-state index in [1.807, 2.05) is 125 Å². The van der Waals surface area contributed by atoms with Crippen molar-refractivity contribution < 1.29 is 67.4 Å². The molecule has 14 amide bonds. The van der Waals surface area contributed by atoms with Crippen LogP contribution < -0.4 is 42.5 Å². The topological polar surface area (TPSA) is 351 Å². The number of aliphatic hydroxyl groups excluding tert-OH is 1. The van der Waals surface area contributed by atoms with Crippen molar-refractivity contribution in [1.29, 1.82) is 0 Å². The van der Waals surface area contributed by atoms with Gasteiger partial charge in [-0.15, -0.1) is 61.1 Å². The molecule has 6 rings (SSSR count). The summed E-state index contributed by atoms with van der Waals surface area (Å²) in [6, 6.07) is -8.10. The summed E-state index contributed by atoms with van der Waals surface area (Å²) < 4.78 is 0. The van der Waals surface area contributed by atoms with Crippen molar-refractivity contribution in [1.82, 2.24) is 62.1 Å². The third-order valence-corrected chi connectivity index (χ3v) is 21.2. The second kappa shape index (κ2) is 38.8. The third kappa shape index (κ3) is 25.2. The van der Waals surface area contributed by atoms with Crippen LogP contribution in [0, 0.1) is 56.2 Å². The monoisotopic (exact) mass is 1690 g/mol. The van der Waals surface area contributed by atoms with Gasteiger partial charge in [-0.05, 0) is 94.7 Å². The number of likely N-dealkylation sites (tertiary alicyclic amines) is 4. The Morgan fingerprint density at radius 2 is 0.885 bits per heavy atom. The molecule has 4 saturated heterocycles. The molecule has 0 aromatic carbocycles. The van der Waals surface area contributed by atoms with Gasteiger partial charge in [0.15, 0.2) is 6.10 Å². The number of hydrogen-bond acceptors (Lipinski definition) is 14. The molecule has 2 saturated carbocycles.